The van der Waals surface area contributed by atoms with Crippen LogP contribution in [0.1, 0.15) is 86.4 Å². The molecule has 0 radical (unpaired) electrons. The number of phenolic OH excluding ortho intramolecular Hbond substituents is 1. The number of fused-ring (bicyclic) bond motifs is 2. The summed E-state index contributed by atoms with van der Waals surface area (Å²) in [4.78, 5) is 19.1. The summed E-state index contributed by atoms with van der Waals surface area (Å²) in [5.41, 5.74) is 18.0. The first-order valence-corrected chi connectivity index (χ1v) is 15.4. The van der Waals surface area contributed by atoms with Crippen molar-refractivity contribution in [1.82, 2.24) is 4.90 Å². The topological polar surface area (TPSA) is 155 Å². The first-order chi connectivity index (χ1) is 21.2. The van der Waals surface area contributed by atoms with Crippen LogP contribution in [-0.2, 0) is 17.6 Å². The van der Waals surface area contributed by atoms with Crippen molar-refractivity contribution in [3.05, 3.63) is 81.7 Å². The maximum absolute atomic E-state index is 12.5. The van der Waals surface area contributed by atoms with E-state index in [4.69, 9.17) is 16.2 Å². The molecule has 0 spiro atoms. The Labute approximate surface area is 258 Å². The number of aliphatic imine (C=N–C) groups is 1. The van der Waals surface area contributed by atoms with Crippen LogP contribution in [0.3, 0.4) is 0 Å². The number of ketones is 1. The van der Waals surface area contributed by atoms with Crippen molar-refractivity contribution in [3.8, 4) is 23.3 Å². The minimum Gasteiger partial charge on any atom is -0.504 e. The molecule has 9 heteroatoms. The highest BCUT2D eigenvalue weighted by Crippen LogP contribution is 2.36. The Hall–Kier alpha value is -3.94. The summed E-state index contributed by atoms with van der Waals surface area (Å²) in [6, 6.07) is 10.7. The van der Waals surface area contributed by atoms with Gasteiger partial charge >= 0.3 is 0 Å². The molecule has 0 unspecified atom stereocenters. The highest BCUT2D eigenvalue weighted by atomic mass is 16.5. The second-order valence-electron chi connectivity index (χ2n) is 11.8. The number of aromatic hydroxyl groups is 1. The molecular weight excluding hydrogens is 556 g/mol. The average molecular weight is 599 g/mol. The molecule has 2 aromatic rings. The van der Waals surface area contributed by atoms with Crippen LogP contribution in [0.4, 0.5) is 0 Å². The number of aliphatic hydroxyl groups is 2. The van der Waals surface area contributed by atoms with Crippen LogP contribution >= 0.6 is 0 Å². The molecule has 0 aromatic heterocycles. The van der Waals surface area contributed by atoms with Crippen LogP contribution in [0.25, 0.3) is 0 Å². The number of nitrogens with two attached hydrogens (primary N) is 2. The Morgan fingerprint density at radius 3 is 2.84 bits per heavy atom. The molecule has 2 bridgehead atoms. The summed E-state index contributed by atoms with van der Waals surface area (Å²) in [5.74, 6) is 6.34. The van der Waals surface area contributed by atoms with Gasteiger partial charge in [-0.3, -0.25) is 9.79 Å². The number of hydrogen-bond acceptors (Lipinski definition) is 9. The highest BCUT2D eigenvalue weighted by Gasteiger charge is 2.31. The number of nitrogens with zero attached hydrogens (tertiary/aromatic N) is 2. The zero-order valence-corrected chi connectivity index (χ0v) is 25.2. The number of hydrogen-bond donors (Lipinski definition) is 5. The minimum atomic E-state index is -1.02. The van der Waals surface area contributed by atoms with Crippen molar-refractivity contribution in [3.63, 3.8) is 0 Å². The molecule has 9 nitrogen and oxygen atoms in total. The van der Waals surface area contributed by atoms with E-state index in [1.165, 1.54) is 0 Å². The van der Waals surface area contributed by atoms with Gasteiger partial charge in [0.05, 0.1) is 24.4 Å². The zero-order chi connectivity index (χ0) is 31.2. The quantitative estimate of drug-likeness (QED) is 0.139. The molecule has 7 N–H and O–H groups in total. The van der Waals surface area contributed by atoms with Gasteiger partial charge in [-0.15, -0.1) is 0 Å². The summed E-state index contributed by atoms with van der Waals surface area (Å²) in [6.45, 7) is 2.66. The van der Waals surface area contributed by atoms with E-state index in [-0.39, 0.29) is 30.1 Å². The molecule has 0 saturated carbocycles. The number of benzene rings is 2. The number of carbonyl (C=O) groups is 1. The van der Waals surface area contributed by atoms with E-state index in [9.17, 15) is 20.1 Å². The maximum atomic E-state index is 12.5. The second kappa shape index (κ2) is 14.2. The number of ether oxygens (including phenoxy) is 1. The summed E-state index contributed by atoms with van der Waals surface area (Å²) >= 11 is 0. The molecule has 0 amide bonds. The number of allylic oxidation sites excluding steroid dienone is 1. The Morgan fingerprint density at radius 2 is 2.05 bits per heavy atom. The third-order valence-electron chi connectivity index (χ3n) is 8.38. The van der Waals surface area contributed by atoms with Crippen LogP contribution < -0.4 is 16.2 Å². The Bertz CT molecular complexity index is 1530. The van der Waals surface area contributed by atoms with E-state index in [0.717, 1.165) is 52.8 Å². The van der Waals surface area contributed by atoms with Gasteiger partial charge in [0.1, 0.15) is 11.9 Å². The van der Waals surface area contributed by atoms with Crippen molar-refractivity contribution in [1.29, 1.82) is 0 Å². The van der Waals surface area contributed by atoms with Gasteiger partial charge in [0, 0.05) is 37.4 Å². The lowest BCUT2D eigenvalue weighted by Crippen LogP contribution is -2.35. The largest absolute Gasteiger partial charge is 0.504 e. The first-order valence-electron chi connectivity index (χ1n) is 15.4. The molecule has 3 heterocycles. The van der Waals surface area contributed by atoms with E-state index >= 15 is 0 Å². The number of unbranched alkanes of at least 4 members (excludes halogenated alkanes) is 2. The predicted octanol–water partition coefficient (Wildman–Crippen LogP) is 4.07. The molecule has 0 fully saturated rings. The third-order valence-corrected chi connectivity index (χ3v) is 8.38. The standard InChI is InChI=1S/C35H42N4O5/c1-2-3-4-6-26(40)18-27(41)12-9-22-10-14-32(43)33(15-22)44-34-8-5-7-31(42)28-13-11-23(35(36)37)16-24(28)17-25-19-38-30-21-39(34)20-29(25)30/h10-11,13-16,19,21,26,31,34-35,40,42-43H,2-4,6,8-9,12,17-18,20,36-37H2,1H3/t26-,31+,34-/m1/s1. The minimum absolute atomic E-state index is 0.0150. The van der Waals surface area contributed by atoms with Crippen LogP contribution in [-0.4, -0.2) is 51.1 Å². The van der Waals surface area contributed by atoms with Crippen LogP contribution in [0.5, 0.6) is 11.5 Å². The van der Waals surface area contributed by atoms with Crippen molar-refractivity contribution < 1.29 is 24.9 Å². The molecule has 232 valence electrons. The highest BCUT2D eigenvalue weighted by molar-refractivity contribution is 5.87. The zero-order valence-electron chi connectivity index (χ0n) is 25.2. The van der Waals surface area contributed by atoms with Crippen molar-refractivity contribution >= 4 is 12.0 Å². The van der Waals surface area contributed by atoms with Gasteiger partial charge < -0.3 is 36.4 Å². The number of aryl methyl sites for hydroxylation is 1. The lowest BCUT2D eigenvalue weighted by atomic mass is 9.92. The molecule has 3 aliphatic heterocycles. The summed E-state index contributed by atoms with van der Waals surface area (Å²) < 4.78 is 6.36. The Morgan fingerprint density at radius 1 is 1.20 bits per heavy atom. The number of Topliss-reactive ketones (excluding diaryl/α,β-unsaturated/α-hetero) is 1. The summed E-state index contributed by atoms with van der Waals surface area (Å²) in [6.07, 6.45) is 6.42. The molecule has 3 atom stereocenters. The molecule has 3 aliphatic rings. The van der Waals surface area contributed by atoms with Gasteiger partial charge in [0.15, 0.2) is 17.7 Å². The van der Waals surface area contributed by atoms with E-state index in [2.05, 4.69) is 23.8 Å². The fourth-order valence-corrected chi connectivity index (χ4v) is 5.83. The van der Waals surface area contributed by atoms with Gasteiger partial charge in [0.2, 0.25) is 0 Å². The molecule has 2 aromatic carbocycles. The van der Waals surface area contributed by atoms with Gasteiger partial charge in [-0.05, 0) is 59.2 Å². The van der Waals surface area contributed by atoms with Gasteiger partial charge in [-0.25, -0.2) is 0 Å². The third kappa shape index (κ3) is 7.58. The molecular formula is C35H42N4O5. The Kier molecular flexibility index (Phi) is 10.2. The maximum Gasteiger partial charge on any atom is 0.183 e. The van der Waals surface area contributed by atoms with Crippen molar-refractivity contribution in [2.45, 2.75) is 89.3 Å². The van der Waals surface area contributed by atoms with Gasteiger partial charge in [-0.2, -0.15) is 0 Å². The normalized spacial score (nSPS) is 19.6. The van der Waals surface area contributed by atoms with E-state index in [0.29, 0.717) is 37.8 Å². The second-order valence-corrected chi connectivity index (χ2v) is 11.8. The molecule has 0 aliphatic carbocycles. The lowest BCUT2D eigenvalue weighted by Gasteiger charge is -2.28. The number of phenols is 1. The first kappa shape index (κ1) is 31.5. The SMILES string of the molecule is CCCCC[C@@H](O)CC(=O)CCc1ccc(O)c(O[C@@H]2CC#C[C@H](O)c3ccc(C(N)N)cc3CC3=C4CN2C=C4N=C3)c1. The molecule has 44 heavy (non-hydrogen) atoms. The molecule has 5 rings (SSSR count). The van der Waals surface area contributed by atoms with Crippen LogP contribution in [0, 0.1) is 11.8 Å². The fourth-order valence-electron chi connectivity index (χ4n) is 5.83. The average Bonchev–Trinajstić information content (AvgIpc) is 3.58. The van der Waals surface area contributed by atoms with Crippen molar-refractivity contribution in [2.75, 3.05) is 6.54 Å². The van der Waals surface area contributed by atoms with Gasteiger partial charge in [-0.1, -0.05) is 62.3 Å². The van der Waals surface area contributed by atoms with Crippen LogP contribution in [0.15, 0.2) is 64.4 Å². The monoisotopic (exact) mass is 598 g/mol. The predicted molar refractivity (Wildman–Crippen MR) is 170 cm³/mol. The van der Waals surface area contributed by atoms with Crippen LogP contribution in [0.2, 0.25) is 0 Å². The van der Waals surface area contributed by atoms with Gasteiger partial charge in [0.25, 0.3) is 0 Å². The lowest BCUT2D eigenvalue weighted by molar-refractivity contribution is -0.121. The number of carbonyl (C=O) groups excluding carboxylic acids is 1. The van der Waals surface area contributed by atoms with Crippen molar-refractivity contribution in [2.24, 2.45) is 16.5 Å². The Balaban J connectivity index is 1.32. The van der Waals surface area contributed by atoms with E-state index in [1.807, 2.05) is 35.5 Å². The molecule has 0 saturated heterocycles. The van der Waals surface area contributed by atoms with E-state index in [1.54, 1.807) is 18.2 Å². The number of aliphatic hydroxyl groups excluding tert-OH is 2. The fraction of sp³-hybridized carbons (Fsp3) is 0.429. The summed E-state index contributed by atoms with van der Waals surface area (Å²) in [7, 11) is 0. The smallest absolute Gasteiger partial charge is 0.183 e. The number of rotatable bonds is 12. The summed E-state index contributed by atoms with van der Waals surface area (Å²) in [5, 5.41) is 31.9. The van der Waals surface area contributed by atoms with E-state index < -0.39 is 24.6 Å².